The Kier molecular flexibility index (Phi) is 4.86. The van der Waals surface area contributed by atoms with Crippen molar-refractivity contribution >= 4 is 17.2 Å². The Morgan fingerprint density at radius 1 is 1.19 bits per heavy atom. The van der Waals surface area contributed by atoms with Crippen LogP contribution in [0.25, 0.3) is 10.8 Å². The number of carbonyl (C=O) groups is 1. The van der Waals surface area contributed by atoms with Crippen LogP contribution < -0.4 is 0 Å². The van der Waals surface area contributed by atoms with Gasteiger partial charge < -0.3 is 14.4 Å². The van der Waals surface area contributed by atoms with Crippen molar-refractivity contribution in [2.45, 2.75) is 18.9 Å². The van der Waals surface area contributed by atoms with Gasteiger partial charge in [-0.1, -0.05) is 30.3 Å². The molecule has 134 valence electrons. The highest BCUT2D eigenvalue weighted by Crippen LogP contribution is 2.31. The van der Waals surface area contributed by atoms with Crippen LogP contribution in [0, 0.1) is 5.92 Å². The molecule has 0 spiro atoms. The van der Waals surface area contributed by atoms with Crippen molar-refractivity contribution in [1.82, 2.24) is 9.88 Å². The second-order valence-electron chi connectivity index (χ2n) is 6.50. The summed E-state index contributed by atoms with van der Waals surface area (Å²) in [7, 11) is 0. The van der Waals surface area contributed by atoms with E-state index in [0.29, 0.717) is 29.6 Å². The normalized spacial score (nSPS) is 16.6. The van der Waals surface area contributed by atoms with Crippen LogP contribution in [0.15, 0.2) is 58.5 Å². The van der Waals surface area contributed by atoms with Crippen molar-refractivity contribution in [3.05, 3.63) is 65.4 Å². The molecule has 1 saturated heterocycles. The third kappa shape index (κ3) is 3.43. The minimum atomic E-state index is -0.474. The van der Waals surface area contributed by atoms with Gasteiger partial charge in [0, 0.05) is 18.5 Å². The second kappa shape index (κ2) is 7.43. The summed E-state index contributed by atoms with van der Waals surface area (Å²) in [6.45, 7) is 1.28. The van der Waals surface area contributed by atoms with Crippen molar-refractivity contribution in [3.63, 3.8) is 0 Å². The van der Waals surface area contributed by atoms with E-state index in [2.05, 4.69) is 4.98 Å². The van der Waals surface area contributed by atoms with Crippen molar-refractivity contribution in [2.24, 2.45) is 5.92 Å². The summed E-state index contributed by atoms with van der Waals surface area (Å²) in [5.41, 5.74) is 1.41. The largest absolute Gasteiger partial charge is 0.462 e. The van der Waals surface area contributed by atoms with Crippen molar-refractivity contribution < 1.29 is 14.3 Å². The molecule has 2 aromatic heterocycles. The Morgan fingerprint density at radius 2 is 1.96 bits per heavy atom. The maximum Gasteiger partial charge on any atom is 0.273 e. The van der Waals surface area contributed by atoms with Gasteiger partial charge in [0.2, 0.25) is 0 Å². The van der Waals surface area contributed by atoms with E-state index in [1.165, 1.54) is 11.3 Å². The maximum atomic E-state index is 12.7. The van der Waals surface area contributed by atoms with Gasteiger partial charge in [-0.05, 0) is 36.5 Å². The molecular formula is C20H20N2O3S. The van der Waals surface area contributed by atoms with E-state index in [4.69, 9.17) is 4.42 Å². The number of aromatic nitrogens is 1. The summed E-state index contributed by atoms with van der Waals surface area (Å²) in [6, 6.07) is 13.4. The highest BCUT2D eigenvalue weighted by Gasteiger charge is 2.29. The molecule has 3 aromatic rings. The number of hydrogen-bond donors (Lipinski definition) is 1. The number of aliphatic hydroxyl groups excluding tert-OH is 1. The number of aliphatic hydroxyl groups is 1. The molecule has 0 aliphatic carbocycles. The number of hydrogen-bond acceptors (Lipinski definition) is 5. The number of rotatable bonds is 4. The lowest BCUT2D eigenvalue weighted by atomic mass is 9.87. The van der Waals surface area contributed by atoms with E-state index < -0.39 is 6.10 Å². The molecule has 1 atom stereocenters. The number of amides is 1. The summed E-state index contributed by atoms with van der Waals surface area (Å²) >= 11 is 1.41. The Hall–Kier alpha value is -2.44. The summed E-state index contributed by atoms with van der Waals surface area (Å²) < 4.78 is 5.34. The SMILES string of the molecule is O=C(c1csc(-c2ccco2)n1)N1CCC([C@@H](O)c2ccccc2)CC1. The Labute approximate surface area is 155 Å². The predicted molar refractivity (Wildman–Crippen MR) is 99.8 cm³/mol. The quantitative estimate of drug-likeness (QED) is 0.756. The summed E-state index contributed by atoms with van der Waals surface area (Å²) in [4.78, 5) is 18.9. The topological polar surface area (TPSA) is 66.6 Å². The zero-order valence-electron chi connectivity index (χ0n) is 14.2. The fraction of sp³-hybridized carbons (Fsp3) is 0.300. The minimum Gasteiger partial charge on any atom is -0.462 e. The first-order valence-corrected chi connectivity index (χ1v) is 9.62. The van der Waals surface area contributed by atoms with Gasteiger partial charge in [0.25, 0.3) is 5.91 Å². The molecule has 1 aliphatic heterocycles. The number of furan rings is 1. The van der Waals surface area contributed by atoms with E-state index in [1.54, 1.807) is 17.7 Å². The van der Waals surface area contributed by atoms with E-state index in [-0.39, 0.29) is 11.8 Å². The van der Waals surface area contributed by atoms with Gasteiger partial charge in [-0.15, -0.1) is 11.3 Å². The van der Waals surface area contributed by atoms with E-state index in [0.717, 1.165) is 18.4 Å². The second-order valence-corrected chi connectivity index (χ2v) is 7.36. The van der Waals surface area contributed by atoms with Crippen LogP contribution in [-0.2, 0) is 0 Å². The van der Waals surface area contributed by atoms with Gasteiger partial charge >= 0.3 is 0 Å². The van der Waals surface area contributed by atoms with Gasteiger partial charge in [-0.3, -0.25) is 4.79 Å². The molecule has 1 fully saturated rings. The summed E-state index contributed by atoms with van der Waals surface area (Å²) in [5.74, 6) is 0.806. The van der Waals surface area contributed by atoms with Crippen LogP contribution >= 0.6 is 11.3 Å². The van der Waals surface area contributed by atoms with Gasteiger partial charge in [0.1, 0.15) is 5.69 Å². The number of thiazole rings is 1. The molecule has 1 N–H and O–H groups in total. The molecule has 1 aliphatic rings. The molecule has 1 amide bonds. The van der Waals surface area contributed by atoms with Crippen LogP contribution in [-0.4, -0.2) is 34.0 Å². The van der Waals surface area contributed by atoms with Crippen LogP contribution in [0.2, 0.25) is 0 Å². The number of nitrogens with zero attached hydrogens (tertiary/aromatic N) is 2. The predicted octanol–water partition coefficient (Wildman–Crippen LogP) is 3.99. The molecule has 0 radical (unpaired) electrons. The first-order chi connectivity index (χ1) is 12.7. The van der Waals surface area contributed by atoms with E-state index in [9.17, 15) is 9.90 Å². The third-order valence-electron chi connectivity index (χ3n) is 4.87. The number of piperidine rings is 1. The molecule has 5 nitrogen and oxygen atoms in total. The van der Waals surface area contributed by atoms with Crippen LogP contribution in [0.5, 0.6) is 0 Å². The van der Waals surface area contributed by atoms with Crippen molar-refractivity contribution in [1.29, 1.82) is 0 Å². The lowest BCUT2D eigenvalue weighted by Gasteiger charge is -2.34. The molecule has 0 unspecified atom stereocenters. The Morgan fingerprint density at radius 3 is 2.65 bits per heavy atom. The van der Waals surface area contributed by atoms with Crippen LogP contribution in [0.4, 0.5) is 0 Å². The molecule has 6 heteroatoms. The Balaban J connectivity index is 1.38. The zero-order chi connectivity index (χ0) is 17.9. The highest BCUT2D eigenvalue weighted by molar-refractivity contribution is 7.13. The molecule has 3 heterocycles. The van der Waals surface area contributed by atoms with Gasteiger partial charge in [0.15, 0.2) is 10.8 Å². The molecular weight excluding hydrogens is 348 g/mol. The van der Waals surface area contributed by atoms with Crippen molar-refractivity contribution in [3.8, 4) is 10.8 Å². The van der Waals surface area contributed by atoms with Crippen molar-refractivity contribution in [2.75, 3.05) is 13.1 Å². The maximum absolute atomic E-state index is 12.7. The van der Waals surface area contributed by atoms with Gasteiger partial charge in [-0.2, -0.15) is 0 Å². The number of carbonyl (C=O) groups excluding carboxylic acids is 1. The molecule has 4 rings (SSSR count). The summed E-state index contributed by atoms with van der Waals surface area (Å²) in [5, 5.41) is 13.1. The van der Waals surface area contributed by atoms with Gasteiger partial charge in [-0.25, -0.2) is 4.98 Å². The lowest BCUT2D eigenvalue weighted by molar-refractivity contribution is 0.0459. The molecule has 0 bridgehead atoms. The fourth-order valence-corrected chi connectivity index (χ4v) is 4.15. The standard InChI is InChI=1S/C20H20N2O3S/c23-18(14-5-2-1-3-6-14)15-8-10-22(11-9-15)20(24)16-13-26-19(21-16)17-7-4-12-25-17/h1-7,12-13,15,18,23H,8-11H2/t18-/m0/s1. The zero-order valence-corrected chi connectivity index (χ0v) is 15.1. The highest BCUT2D eigenvalue weighted by atomic mass is 32.1. The number of likely N-dealkylation sites (tertiary alicyclic amines) is 1. The first kappa shape index (κ1) is 17.0. The fourth-order valence-electron chi connectivity index (χ4n) is 3.39. The third-order valence-corrected chi connectivity index (χ3v) is 5.73. The Bertz CT molecular complexity index is 852. The van der Waals surface area contributed by atoms with Gasteiger partial charge in [0.05, 0.1) is 12.4 Å². The molecule has 0 saturated carbocycles. The smallest absolute Gasteiger partial charge is 0.273 e. The first-order valence-electron chi connectivity index (χ1n) is 8.74. The molecule has 26 heavy (non-hydrogen) atoms. The van der Waals surface area contributed by atoms with E-state index in [1.807, 2.05) is 41.3 Å². The average Bonchev–Trinajstić information content (AvgIpc) is 3.39. The lowest BCUT2D eigenvalue weighted by Crippen LogP contribution is -2.39. The van der Waals surface area contributed by atoms with E-state index >= 15 is 0 Å². The van der Waals surface area contributed by atoms with Crippen LogP contribution in [0.1, 0.15) is 35.0 Å². The monoisotopic (exact) mass is 368 g/mol. The number of benzene rings is 1. The molecule has 1 aromatic carbocycles. The minimum absolute atomic E-state index is 0.0493. The van der Waals surface area contributed by atoms with Crippen LogP contribution in [0.3, 0.4) is 0 Å². The average molecular weight is 368 g/mol. The summed E-state index contributed by atoms with van der Waals surface area (Å²) in [6.07, 6.45) is 2.70.